The Morgan fingerprint density at radius 3 is 3.11 bits per heavy atom. The Morgan fingerprint density at radius 1 is 1.39 bits per heavy atom. The van der Waals surface area contributed by atoms with Crippen LogP contribution in [0.15, 0.2) is 37.1 Å². The highest BCUT2D eigenvalue weighted by Gasteiger charge is 2.20. The summed E-state index contributed by atoms with van der Waals surface area (Å²) in [5.74, 6) is 0. The third-order valence-electron chi connectivity index (χ3n) is 3.22. The van der Waals surface area contributed by atoms with Crippen LogP contribution in [0.3, 0.4) is 0 Å². The molecule has 2 aromatic rings. The van der Waals surface area contributed by atoms with Crippen LogP contribution < -0.4 is 5.32 Å². The van der Waals surface area contributed by atoms with Gasteiger partial charge in [-0.2, -0.15) is 0 Å². The van der Waals surface area contributed by atoms with Crippen LogP contribution in [0.2, 0.25) is 0 Å². The summed E-state index contributed by atoms with van der Waals surface area (Å²) in [6.07, 6.45) is 11.4. The van der Waals surface area contributed by atoms with E-state index < -0.39 is 0 Å². The number of nitrogens with zero attached hydrogens (tertiary/aromatic N) is 3. The van der Waals surface area contributed by atoms with Crippen molar-refractivity contribution >= 4 is 0 Å². The minimum absolute atomic E-state index is 0.741. The highest BCUT2D eigenvalue weighted by atomic mass is 15.1. The number of hydrogen-bond acceptors (Lipinski definition) is 3. The maximum absolute atomic E-state index is 4.41. The van der Waals surface area contributed by atoms with Crippen molar-refractivity contribution in [2.45, 2.75) is 38.4 Å². The summed E-state index contributed by atoms with van der Waals surface area (Å²) in [5, 5.41) is 3.47. The van der Waals surface area contributed by atoms with Crippen LogP contribution in [0, 0.1) is 0 Å². The summed E-state index contributed by atoms with van der Waals surface area (Å²) in [4.78, 5) is 8.54. The fourth-order valence-corrected chi connectivity index (χ4v) is 1.96. The minimum Gasteiger partial charge on any atom is -0.337 e. The van der Waals surface area contributed by atoms with Gasteiger partial charge in [0.1, 0.15) is 0 Å². The van der Waals surface area contributed by atoms with Crippen LogP contribution in [0.5, 0.6) is 0 Å². The Labute approximate surface area is 107 Å². The molecule has 0 spiro atoms. The largest absolute Gasteiger partial charge is 0.337 e. The number of aromatic nitrogens is 3. The molecule has 3 rings (SSSR count). The van der Waals surface area contributed by atoms with E-state index in [1.54, 1.807) is 0 Å². The lowest BCUT2D eigenvalue weighted by molar-refractivity contribution is 0.670. The van der Waals surface area contributed by atoms with Gasteiger partial charge in [0, 0.05) is 37.7 Å². The molecule has 1 aliphatic carbocycles. The third kappa shape index (κ3) is 3.17. The monoisotopic (exact) mass is 242 g/mol. The molecule has 0 amide bonds. The molecule has 1 fully saturated rings. The first kappa shape index (κ1) is 11.4. The first-order valence-corrected chi connectivity index (χ1v) is 6.53. The highest BCUT2D eigenvalue weighted by molar-refractivity contribution is 5.08. The number of pyridine rings is 1. The summed E-state index contributed by atoms with van der Waals surface area (Å²) in [5.41, 5.74) is 2.40. The summed E-state index contributed by atoms with van der Waals surface area (Å²) < 4.78 is 2.15. The van der Waals surface area contributed by atoms with Gasteiger partial charge in [-0.3, -0.25) is 4.98 Å². The molecule has 4 nitrogen and oxygen atoms in total. The minimum atomic E-state index is 0.741. The molecule has 94 valence electrons. The van der Waals surface area contributed by atoms with Gasteiger partial charge in [-0.25, -0.2) is 4.98 Å². The van der Waals surface area contributed by atoms with Gasteiger partial charge in [0.15, 0.2) is 0 Å². The molecule has 0 aliphatic heterocycles. The Kier molecular flexibility index (Phi) is 3.37. The fourth-order valence-electron chi connectivity index (χ4n) is 1.96. The van der Waals surface area contributed by atoms with Gasteiger partial charge in [0.2, 0.25) is 0 Å². The van der Waals surface area contributed by atoms with E-state index in [-0.39, 0.29) is 0 Å². The lowest BCUT2D eigenvalue weighted by Gasteiger charge is -2.01. The molecule has 1 N–H and O–H groups in total. The van der Waals surface area contributed by atoms with E-state index in [2.05, 4.69) is 32.1 Å². The second-order valence-corrected chi connectivity index (χ2v) is 4.87. The summed E-state index contributed by atoms with van der Waals surface area (Å²) in [6, 6.07) is 4.83. The van der Waals surface area contributed by atoms with Crippen molar-refractivity contribution in [1.82, 2.24) is 19.9 Å². The molecule has 0 atom stereocenters. The van der Waals surface area contributed by atoms with Crippen LogP contribution in [-0.2, 0) is 19.5 Å². The van der Waals surface area contributed by atoms with Gasteiger partial charge in [0.25, 0.3) is 0 Å². The van der Waals surface area contributed by atoms with Crippen molar-refractivity contribution in [2.75, 3.05) is 0 Å². The molecule has 0 radical (unpaired) electrons. The lowest BCUT2D eigenvalue weighted by Crippen LogP contribution is -2.15. The molecule has 0 aromatic carbocycles. The standard InChI is InChI=1S/C14H18N4/c1-2-12(8-15-6-1)5-7-18-10-14(17-11-18)9-16-13-3-4-13/h1-2,6,8,10-11,13,16H,3-5,7,9H2. The molecule has 18 heavy (non-hydrogen) atoms. The molecular formula is C14H18N4. The van der Waals surface area contributed by atoms with Crippen LogP contribution in [-0.4, -0.2) is 20.6 Å². The first-order valence-electron chi connectivity index (χ1n) is 6.53. The quantitative estimate of drug-likeness (QED) is 0.839. The second-order valence-electron chi connectivity index (χ2n) is 4.87. The Hall–Kier alpha value is -1.68. The SMILES string of the molecule is c1cncc(CCn2cnc(CNC3CC3)c2)c1. The second kappa shape index (κ2) is 5.31. The maximum atomic E-state index is 4.41. The average Bonchev–Trinajstić information content (AvgIpc) is 3.14. The van der Waals surface area contributed by atoms with E-state index >= 15 is 0 Å². The molecule has 1 saturated carbocycles. The van der Waals surface area contributed by atoms with E-state index in [1.807, 2.05) is 24.8 Å². The highest BCUT2D eigenvalue weighted by Crippen LogP contribution is 2.18. The van der Waals surface area contributed by atoms with Crippen molar-refractivity contribution in [3.63, 3.8) is 0 Å². The van der Waals surface area contributed by atoms with Crippen LogP contribution in [0.25, 0.3) is 0 Å². The molecule has 0 saturated heterocycles. The molecule has 2 aromatic heterocycles. The van der Waals surface area contributed by atoms with E-state index in [1.165, 1.54) is 18.4 Å². The van der Waals surface area contributed by atoms with E-state index in [0.717, 1.165) is 31.2 Å². The molecular weight excluding hydrogens is 224 g/mol. The van der Waals surface area contributed by atoms with Crippen LogP contribution in [0.1, 0.15) is 24.1 Å². The van der Waals surface area contributed by atoms with Gasteiger partial charge in [0.05, 0.1) is 12.0 Å². The van der Waals surface area contributed by atoms with E-state index in [0.29, 0.717) is 0 Å². The molecule has 2 heterocycles. The van der Waals surface area contributed by atoms with Gasteiger partial charge < -0.3 is 9.88 Å². The van der Waals surface area contributed by atoms with E-state index in [9.17, 15) is 0 Å². The Bertz CT molecular complexity index is 488. The third-order valence-corrected chi connectivity index (χ3v) is 3.22. The van der Waals surface area contributed by atoms with Crippen molar-refractivity contribution < 1.29 is 0 Å². The Morgan fingerprint density at radius 2 is 2.33 bits per heavy atom. The molecule has 0 unspecified atom stereocenters. The summed E-state index contributed by atoms with van der Waals surface area (Å²) >= 11 is 0. The zero-order chi connectivity index (χ0) is 12.2. The summed E-state index contributed by atoms with van der Waals surface area (Å²) in [7, 11) is 0. The summed E-state index contributed by atoms with van der Waals surface area (Å²) in [6.45, 7) is 1.85. The lowest BCUT2D eigenvalue weighted by atomic mass is 10.2. The van der Waals surface area contributed by atoms with Crippen LogP contribution >= 0.6 is 0 Å². The van der Waals surface area contributed by atoms with Gasteiger partial charge >= 0.3 is 0 Å². The Balaban J connectivity index is 1.50. The van der Waals surface area contributed by atoms with Gasteiger partial charge in [-0.1, -0.05) is 6.07 Å². The van der Waals surface area contributed by atoms with Gasteiger partial charge in [-0.15, -0.1) is 0 Å². The van der Waals surface area contributed by atoms with E-state index in [4.69, 9.17) is 0 Å². The average molecular weight is 242 g/mol. The molecule has 4 heteroatoms. The fraction of sp³-hybridized carbons (Fsp3) is 0.429. The number of rotatable bonds is 6. The molecule has 0 bridgehead atoms. The predicted molar refractivity (Wildman–Crippen MR) is 70.0 cm³/mol. The number of aryl methyl sites for hydroxylation is 2. The topological polar surface area (TPSA) is 42.7 Å². The normalized spacial score (nSPS) is 14.9. The number of hydrogen-bond donors (Lipinski definition) is 1. The predicted octanol–water partition coefficient (Wildman–Crippen LogP) is 1.77. The van der Waals surface area contributed by atoms with Gasteiger partial charge in [-0.05, 0) is 30.9 Å². The zero-order valence-corrected chi connectivity index (χ0v) is 10.4. The first-order chi connectivity index (χ1) is 8.90. The van der Waals surface area contributed by atoms with Crippen LogP contribution in [0.4, 0.5) is 0 Å². The number of nitrogens with one attached hydrogen (secondary N) is 1. The smallest absolute Gasteiger partial charge is 0.0950 e. The van der Waals surface area contributed by atoms with Crippen molar-refractivity contribution in [3.05, 3.63) is 48.3 Å². The zero-order valence-electron chi connectivity index (χ0n) is 10.4. The number of imidazole rings is 1. The van der Waals surface area contributed by atoms with Crippen molar-refractivity contribution in [1.29, 1.82) is 0 Å². The maximum Gasteiger partial charge on any atom is 0.0950 e. The molecule has 1 aliphatic rings. The van der Waals surface area contributed by atoms with Crippen molar-refractivity contribution in [2.24, 2.45) is 0 Å². The van der Waals surface area contributed by atoms with Crippen molar-refractivity contribution in [3.8, 4) is 0 Å².